The number of amides is 1. The summed E-state index contributed by atoms with van der Waals surface area (Å²) in [6, 6.07) is 7.65. The number of alkyl halides is 2. The number of hydrogen-bond acceptors (Lipinski definition) is 6. The van der Waals surface area contributed by atoms with Crippen molar-refractivity contribution in [3.8, 4) is 11.3 Å². The average Bonchev–Trinajstić information content (AvgIpc) is 3.30. The predicted octanol–water partition coefficient (Wildman–Crippen LogP) is 4.11. The number of carbonyl (C=O) groups excluding carboxylic acids is 1. The van der Waals surface area contributed by atoms with Gasteiger partial charge in [0.1, 0.15) is 5.69 Å². The highest BCUT2D eigenvalue weighted by molar-refractivity contribution is 6.10. The van der Waals surface area contributed by atoms with Crippen molar-refractivity contribution in [3.05, 3.63) is 53.5 Å². The molecule has 0 bridgehead atoms. The van der Waals surface area contributed by atoms with E-state index >= 15 is 0 Å². The molecular weight excluding hydrogens is 478 g/mol. The Morgan fingerprint density at radius 3 is 2.78 bits per heavy atom. The highest BCUT2D eigenvalue weighted by Crippen LogP contribution is 2.33. The molecule has 1 amide bonds. The normalized spacial score (nSPS) is 19.7. The van der Waals surface area contributed by atoms with Crippen molar-refractivity contribution in [2.24, 2.45) is 17.8 Å². The van der Waals surface area contributed by atoms with Crippen LogP contribution in [0.15, 0.2) is 47.2 Å². The number of aromatic nitrogens is 3. The van der Waals surface area contributed by atoms with Crippen LogP contribution in [0.25, 0.3) is 27.7 Å². The van der Waals surface area contributed by atoms with Crippen LogP contribution in [0.1, 0.15) is 43.9 Å². The highest BCUT2D eigenvalue weighted by atomic mass is 19.3. The highest BCUT2D eigenvalue weighted by Gasteiger charge is 2.27. The summed E-state index contributed by atoms with van der Waals surface area (Å²) in [6.45, 7) is 3.93. The molecule has 0 saturated carbocycles. The fourth-order valence-electron chi connectivity index (χ4n) is 5.02. The minimum Gasteiger partial charge on any atom is -0.398 e. The van der Waals surface area contributed by atoms with Crippen molar-refractivity contribution in [2.45, 2.75) is 38.7 Å². The van der Waals surface area contributed by atoms with Crippen LogP contribution in [0.4, 0.5) is 8.78 Å². The molecule has 5 rings (SSSR count). The molecule has 2 fully saturated rings. The number of piperidine rings is 1. The Labute approximate surface area is 213 Å². The topological polar surface area (TPSA) is 98.6 Å². The summed E-state index contributed by atoms with van der Waals surface area (Å²) in [5.41, 5.74) is 10.3. The van der Waals surface area contributed by atoms with Gasteiger partial charge in [0.05, 0.1) is 11.7 Å². The van der Waals surface area contributed by atoms with Crippen molar-refractivity contribution in [2.75, 3.05) is 26.3 Å². The zero-order valence-electron chi connectivity index (χ0n) is 21.0. The number of halogens is 2. The molecule has 0 radical (unpaired) electrons. The second-order valence-corrected chi connectivity index (χ2v) is 9.50. The summed E-state index contributed by atoms with van der Waals surface area (Å²) in [5, 5.41) is 5.51. The van der Waals surface area contributed by atoms with E-state index in [-0.39, 0.29) is 17.6 Å². The molecule has 1 aromatic carbocycles. The summed E-state index contributed by atoms with van der Waals surface area (Å²) >= 11 is 0. The van der Waals surface area contributed by atoms with Gasteiger partial charge in [0.2, 0.25) is 5.91 Å². The van der Waals surface area contributed by atoms with Gasteiger partial charge in [-0.3, -0.25) is 19.5 Å². The Kier molecular flexibility index (Phi) is 7.01. The molecule has 4 heterocycles. The lowest BCUT2D eigenvalue weighted by molar-refractivity contribution is -0.128. The first-order chi connectivity index (χ1) is 17.8. The molecular formula is C27H30F2N6O2. The summed E-state index contributed by atoms with van der Waals surface area (Å²) in [7, 11) is 1.61. The van der Waals surface area contributed by atoms with Gasteiger partial charge in [-0.05, 0) is 24.3 Å². The maximum atomic E-state index is 13.5. The number of fused-ring (bicyclic) bond motifs is 1. The van der Waals surface area contributed by atoms with E-state index < -0.39 is 6.43 Å². The van der Waals surface area contributed by atoms with Crippen LogP contribution < -0.4 is 5.73 Å². The fraction of sp³-hybridized carbons (Fsp3) is 0.407. The Balaban J connectivity index is 1.58. The van der Waals surface area contributed by atoms with Crippen LogP contribution >= 0.6 is 0 Å². The van der Waals surface area contributed by atoms with Crippen LogP contribution in [-0.4, -0.2) is 63.6 Å². The Morgan fingerprint density at radius 1 is 1.27 bits per heavy atom. The predicted molar refractivity (Wildman–Crippen MR) is 138 cm³/mol. The van der Waals surface area contributed by atoms with Crippen LogP contribution in [0.5, 0.6) is 0 Å². The molecule has 0 atom stereocenters. The second kappa shape index (κ2) is 10.4. The molecule has 2 aliphatic rings. The van der Waals surface area contributed by atoms with Crippen LogP contribution in [0.2, 0.25) is 0 Å². The van der Waals surface area contributed by atoms with Crippen molar-refractivity contribution in [3.63, 3.8) is 0 Å². The standard InChI is InChI=1S/C27H30F2N6O2/c1-16(36)35-9-6-23(32-18-7-10-37-11-8-18)21(15-35)25(30)19-5-3-4-17-12-24(31-13-20(17)19)22-14-34(2)33-26(22)27(28)29/h3-5,12-14,18,27H,6-11,15,30H2,1-2H3. The molecule has 37 heavy (non-hydrogen) atoms. The van der Waals surface area contributed by atoms with E-state index in [2.05, 4.69) is 10.1 Å². The van der Waals surface area contributed by atoms with Crippen molar-refractivity contribution >= 4 is 28.1 Å². The molecule has 0 aliphatic carbocycles. The zero-order valence-corrected chi connectivity index (χ0v) is 21.0. The lowest BCUT2D eigenvalue weighted by atomic mass is 9.93. The quantitative estimate of drug-likeness (QED) is 0.572. The fourth-order valence-corrected chi connectivity index (χ4v) is 5.02. The van der Waals surface area contributed by atoms with Crippen molar-refractivity contribution < 1.29 is 18.3 Å². The van der Waals surface area contributed by atoms with Gasteiger partial charge in [0, 0.05) is 92.6 Å². The molecule has 2 N–H and O–H groups in total. The molecule has 194 valence electrons. The Hall–Kier alpha value is -3.66. The van der Waals surface area contributed by atoms with Crippen LogP contribution in [-0.2, 0) is 16.6 Å². The average molecular weight is 509 g/mol. The number of benzene rings is 1. The van der Waals surface area contributed by atoms with Gasteiger partial charge in [-0.1, -0.05) is 18.2 Å². The van der Waals surface area contributed by atoms with Gasteiger partial charge >= 0.3 is 0 Å². The minimum atomic E-state index is -2.70. The molecule has 2 saturated heterocycles. The third-order valence-electron chi connectivity index (χ3n) is 7.01. The largest absolute Gasteiger partial charge is 0.398 e. The first-order valence-electron chi connectivity index (χ1n) is 12.4. The van der Waals surface area contributed by atoms with Crippen molar-refractivity contribution in [1.29, 1.82) is 0 Å². The van der Waals surface area contributed by atoms with Gasteiger partial charge < -0.3 is 15.4 Å². The van der Waals surface area contributed by atoms with Gasteiger partial charge in [0.25, 0.3) is 6.43 Å². The number of likely N-dealkylation sites (tertiary alicyclic amines) is 1. The third-order valence-corrected chi connectivity index (χ3v) is 7.01. The van der Waals surface area contributed by atoms with E-state index in [0.717, 1.165) is 40.5 Å². The lowest BCUT2D eigenvalue weighted by Gasteiger charge is -2.31. The molecule has 2 aromatic heterocycles. The summed E-state index contributed by atoms with van der Waals surface area (Å²) in [6.07, 6.45) is 2.87. The molecule has 3 aromatic rings. The molecule has 2 aliphatic heterocycles. The molecule has 8 nitrogen and oxygen atoms in total. The number of aliphatic imine (C=N–C) groups is 1. The molecule has 10 heteroatoms. The summed E-state index contributed by atoms with van der Waals surface area (Å²) < 4.78 is 33.9. The van der Waals surface area contributed by atoms with Crippen LogP contribution in [0.3, 0.4) is 0 Å². The van der Waals surface area contributed by atoms with Gasteiger partial charge in [-0.2, -0.15) is 5.10 Å². The number of nitrogens with two attached hydrogens (primary N) is 1. The smallest absolute Gasteiger partial charge is 0.282 e. The SMILES string of the molecule is CC(=O)N1CCC(=NC2CCOCC2)C(=C(N)c2cccc3cc(-c4cn(C)nc4C(F)F)ncc23)C1. The number of nitrogens with zero attached hydrogens (tertiary/aromatic N) is 5. The molecule has 0 unspecified atom stereocenters. The van der Waals surface area contributed by atoms with Crippen molar-refractivity contribution in [1.82, 2.24) is 19.7 Å². The van der Waals surface area contributed by atoms with E-state index in [0.29, 0.717) is 49.7 Å². The minimum absolute atomic E-state index is 0.00838. The Bertz CT molecular complexity index is 1390. The second-order valence-electron chi connectivity index (χ2n) is 9.50. The van der Waals surface area contributed by atoms with E-state index in [4.69, 9.17) is 15.5 Å². The van der Waals surface area contributed by atoms with E-state index in [9.17, 15) is 13.6 Å². The monoisotopic (exact) mass is 508 g/mol. The van der Waals surface area contributed by atoms with Gasteiger partial charge in [-0.15, -0.1) is 0 Å². The number of pyridine rings is 1. The summed E-state index contributed by atoms with van der Waals surface area (Å²) in [5.74, 6) is -0.00838. The number of hydrogen-bond donors (Lipinski definition) is 1. The number of aryl methyl sites for hydroxylation is 1. The van der Waals surface area contributed by atoms with E-state index in [1.54, 1.807) is 37.3 Å². The number of ether oxygens (including phenoxy) is 1. The van der Waals surface area contributed by atoms with Crippen LogP contribution in [0, 0.1) is 0 Å². The maximum absolute atomic E-state index is 13.5. The van der Waals surface area contributed by atoms with E-state index in [1.807, 2.05) is 18.2 Å². The first kappa shape index (κ1) is 25.0. The van der Waals surface area contributed by atoms with Gasteiger partial charge in [-0.25, -0.2) is 8.78 Å². The number of rotatable bonds is 4. The Morgan fingerprint density at radius 2 is 2.05 bits per heavy atom. The third kappa shape index (κ3) is 5.11. The first-order valence-corrected chi connectivity index (χ1v) is 12.4. The van der Waals surface area contributed by atoms with Gasteiger partial charge in [0.15, 0.2) is 0 Å². The maximum Gasteiger partial charge on any atom is 0.282 e. The molecule has 0 spiro atoms. The summed E-state index contributed by atoms with van der Waals surface area (Å²) in [4.78, 5) is 23.5. The number of carbonyl (C=O) groups is 1. The zero-order chi connectivity index (χ0) is 26.1. The lowest BCUT2D eigenvalue weighted by Crippen LogP contribution is -2.40. The van der Waals surface area contributed by atoms with E-state index in [1.165, 1.54) is 4.68 Å².